The molecule has 0 aliphatic rings. The number of carboxylic acid groups (broad SMARTS) is 1. The predicted molar refractivity (Wildman–Crippen MR) is 91.2 cm³/mol. The second-order valence-electron chi connectivity index (χ2n) is 6.43. The quantitative estimate of drug-likeness (QED) is 0.667. The number of nitrogens with zero attached hydrogens (tertiary/aromatic N) is 1. The zero-order chi connectivity index (χ0) is 21.5. The first-order chi connectivity index (χ1) is 12.8. The van der Waals surface area contributed by atoms with Crippen LogP contribution in [0.3, 0.4) is 0 Å². The summed E-state index contributed by atoms with van der Waals surface area (Å²) in [4.78, 5) is 37.2. The van der Waals surface area contributed by atoms with E-state index in [0.717, 1.165) is 12.3 Å². The van der Waals surface area contributed by atoms with Crippen molar-refractivity contribution in [3.05, 3.63) is 23.9 Å². The minimum absolute atomic E-state index is 0.249. The van der Waals surface area contributed by atoms with E-state index in [1.54, 1.807) is 26.1 Å². The van der Waals surface area contributed by atoms with Crippen molar-refractivity contribution in [1.29, 1.82) is 0 Å². The molecule has 0 aliphatic carbocycles. The van der Waals surface area contributed by atoms with E-state index in [4.69, 9.17) is 9.84 Å². The zero-order valence-corrected chi connectivity index (χ0v) is 15.2. The number of amides is 2. The summed E-state index contributed by atoms with van der Waals surface area (Å²) in [6.45, 7) is 4.86. The zero-order valence-electron chi connectivity index (χ0n) is 15.2. The van der Waals surface area contributed by atoms with Crippen LogP contribution in [0.2, 0.25) is 0 Å². The number of aliphatic carboxylic acids is 1. The lowest BCUT2D eigenvalue weighted by atomic mass is 10.2. The number of carboxylic acids is 1. The Kier molecular flexibility index (Phi) is 7.37. The maximum atomic E-state index is 12.2. The molecule has 0 bridgehead atoms. The molecule has 1 atom stereocenters. The lowest BCUT2D eigenvalue weighted by Gasteiger charge is -2.21. The molecule has 0 aliphatic heterocycles. The first-order valence-electron chi connectivity index (χ1n) is 7.83. The van der Waals surface area contributed by atoms with Crippen molar-refractivity contribution in [2.24, 2.45) is 0 Å². The first-order valence-corrected chi connectivity index (χ1v) is 7.83. The summed E-state index contributed by atoms with van der Waals surface area (Å²) in [5, 5.41) is 12.9. The topological polar surface area (TPSA) is 118 Å². The second-order valence-corrected chi connectivity index (χ2v) is 6.43. The highest BCUT2D eigenvalue weighted by atomic mass is 19.4. The molecule has 0 saturated heterocycles. The van der Waals surface area contributed by atoms with Gasteiger partial charge in [-0.1, -0.05) is 11.8 Å². The van der Waals surface area contributed by atoms with Crippen molar-refractivity contribution in [1.82, 2.24) is 10.3 Å². The van der Waals surface area contributed by atoms with E-state index in [-0.39, 0.29) is 17.8 Å². The van der Waals surface area contributed by atoms with Gasteiger partial charge in [-0.3, -0.25) is 4.79 Å². The Hall–Kier alpha value is -3.29. The molecule has 152 valence electrons. The molecule has 28 heavy (non-hydrogen) atoms. The summed E-state index contributed by atoms with van der Waals surface area (Å²) in [7, 11) is 0. The highest BCUT2D eigenvalue weighted by molar-refractivity contribution is 5.94. The van der Waals surface area contributed by atoms with Crippen LogP contribution in [-0.4, -0.2) is 45.9 Å². The fourth-order valence-corrected chi connectivity index (χ4v) is 1.63. The van der Waals surface area contributed by atoms with Crippen LogP contribution in [-0.2, 0) is 14.3 Å². The molecule has 1 unspecified atom stereocenters. The van der Waals surface area contributed by atoms with Crippen molar-refractivity contribution in [2.75, 3.05) is 5.32 Å². The van der Waals surface area contributed by atoms with Crippen molar-refractivity contribution in [2.45, 2.75) is 45.0 Å². The first kappa shape index (κ1) is 22.8. The van der Waals surface area contributed by atoms with Gasteiger partial charge < -0.3 is 20.5 Å². The molecular formula is C17H18F3N3O5. The molecule has 0 radical (unpaired) electrons. The van der Waals surface area contributed by atoms with Gasteiger partial charge in [0, 0.05) is 18.2 Å². The SMILES string of the molecule is CC(C)(C)OC(=O)NC(CC#Cc1ccc(NC(=O)C(F)(F)F)nc1)C(=O)O. The van der Waals surface area contributed by atoms with Crippen LogP contribution < -0.4 is 10.6 Å². The predicted octanol–water partition coefficient (Wildman–Crippen LogP) is 2.30. The third-order valence-corrected chi connectivity index (χ3v) is 2.79. The number of halogens is 3. The summed E-state index contributed by atoms with van der Waals surface area (Å²) >= 11 is 0. The Labute approximate surface area is 158 Å². The third kappa shape index (κ3) is 8.39. The van der Waals surface area contributed by atoms with Crippen LogP contribution in [0.5, 0.6) is 0 Å². The maximum Gasteiger partial charge on any atom is 0.471 e. The van der Waals surface area contributed by atoms with Gasteiger partial charge in [0.15, 0.2) is 0 Å². The van der Waals surface area contributed by atoms with Gasteiger partial charge in [-0.05, 0) is 32.9 Å². The van der Waals surface area contributed by atoms with Crippen molar-refractivity contribution < 1.29 is 37.4 Å². The fourth-order valence-electron chi connectivity index (χ4n) is 1.63. The molecular weight excluding hydrogens is 383 g/mol. The van der Waals surface area contributed by atoms with Gasteiger partial charge in [0.2, 0.25) is 0 Å². The Morgan fingerprint density at radius 1 is 1.25 bits per heavy atom. The number of rotatable bonds is 4. The van der Waals surface area contributed by atoms with Crippen LogP contribution in [0.25, 0.3) is 0 Å². The maximum absolute atomic E-state index is 12.2. The van der Waals surface area contributed by atoms with Crippen LogP contribution in [0, 0.1) is 11.8 Å². The van der Waals surface area contributed by atoms with E-state index in [9.17, 15) is 27.6 Å². The average molecular weight is 401 g/mol. The average Bonchev–Trinajstić information content (AvgIpc) is 2.52. The minimum Gasteiger partial charge on any atom is -0.480 e. The molecule has 2 amide bonds. The summed E-state index contributed by atoms with van der Waals surface area (Å²) < 4.78 is 41.4. The molecule has 0 fully saturated rings. The van der Waals surface area contributed by atoms with Crippen LogP contribution in [0.4, 0.5) is 23.8 Å². The molecule has 1 aromatic heterocycles. The van der Waals surface area contributed by atoms with E-state index < -0.39 is 35.8 Å². The normalized spacial score (nSPS) is 12.2. The van der Waals surface area contributed by atoms with Crippen LogP contribution >= 0.6 is 0 Å². The van der Waals surface area contributed by atoms with Gasteiger partial charge in [0.1, 0.15) is 17.5 Å². The number of pyridine rings is 1. The lowest BCUT2D eigenvalue weighted by molar-refractivity contribution is -0.167. The lowest BCUT2D eigenvalue weighted by Crippen LogP contribution is -2.43. The monoisotopic (exact) mass is 401 g/mol. The van der Waals surface area contributed by atoms with E-state index in [2.05, 4.69) is 22.1 Å². The fraction of sp³-hybridized carbons (Fsp3) is 0.412. The Morgan fingerprint density at radius 2 is 1.89 bits per heavy atom. The van der Waals surface area contributed by atoms with Gasteiger partial charge in [0.25, 0.3) is 0 Å². The van der Waals surface area contributed by atoms with Gasteiger partial charge in [0.05, 0.1) is 0 Å². The smallest absolute Gasteiger partial charge is 0.471 e. The number of ether oxygens (including phenoxy) is 1. The number of anilines is 1. The third-order valence-electron chi connectivity index (χ3n) is 2.79. The molecule has 3 N–H and O–H groups in total. The Balaban J connectivity index is 2.69. The van der Waals surface area contributed by atoms with Gasteiger partial charge in [-0.2, -0.15) is 13.2 Å². The number of carbonyl (C=O) groups excluding carboxylic acids is 2. The number of aromatic nitrogens is 1. The van der Waals surface area contributed by atoms with E-state index in [1.165, 1.54) is 6.07 Å². The molecule has 1 aromatic rings. The summed E-state index contributed by atoms with van der Waals surface area (Å²) in [6.07, 6.45) is -5.09. The summed E-state index contributed by atoms with van der Waals surface area (Å²) in [5.41, 5.74) is -0.528. The van der Waals surface area contributed by atoms with Crippen LogP contribution in [0.1, 0.15) is 32.8 Å². The summed E-state index contributed by atoms with van der Waals surface area (Å²) in [5.74, 6) is 1.30. The van der Waals surface area contributed by atoms with E-state index in [1.807, 2.05) is 0 Å². The molecule has 0 saturated carbocycles. The van der Waals surface area contributed by atoms with Gasteiger partial charge in [-0.15, -0.1) is 0 Å². The molecule has 1 heterocycles. The highest BCUT2D eigenvalue weighted by Gasteiger charge is 2.38. The number of alkyl carbamates (subject to hydrolysis) is 1. The van der Waals surface area contributed by atoms with Crippen molar-refractivity contribution in [3.8, 4) is 11.8 Å². The van der Waals surface area contributed by atoms with E-state index >= 15 is 0 Å². The van der Waals surface area contributed by atoms with Gasteiger partial charge in [-0.25, -0.2) is 14.6 Å². The Bertz CT molecular complexity index is 789. The highest BCUT2D eigenvalue weighted by Crippen LogP contribution is 2.17. The number of alkyl halides is 3. The second kappa shape index (κ2) is 9.07. The Morgan fingerprint density at radius 3 is 2.36 bits per heavy atom. The van der Waals surface area contributed by atoms with Crippen LogP contribution in [0.15, 0.2) is 18.3 Å². The van der Waals surface area contributed by atoms with Crippen molar-refractivity contribution in [3.63, 3.8) is 0 Å². The molecule has 11 heteroatoms. The van der Waals surface area contributed by atoms with Crippen molar-refractivity contribution >= 4 is 23.8 Å². The summed E-state index contributed by atoms with van der Waals surface area (Å²) in [6, 6.07) is 1.09. The standard InChI is InChI=1S/C17H18F3N3O5/c1-16(2,3)28-15(27)22-11(13(24)25)6-4-5-10-7-8-12(21-9-10)23-14(26)17(18,19)20/h7-9,11H,6H2,1-3H3,(H,22,27)(H,24,25)(H,21,23,26). The molecule has 0 aromatic carbocycles. The minimum atomic E-state index is -5.03. The number of nitrogens with one attached hydrogen (secondary N) is 2. The van der Waals surface area contributed by atoms with E-state index in [0.29, 0.717) is 0 Å². The largest absolute Gasteiger partial charge is 0.480 e. The molecule has 8 nitrogen and oxygen atoms in total. The number of hydrogen-bond acceptors (Lipinski definition) is 5. The number of carbonyl (C=O) groups is 3. The number of hydrogen-bond donors (Lipinski definition) is 3. The molecule has 0 spiro atoms. The van der Waals surface area contributed by atoms with Gasteiger partial charge >= 0.3 is 24.1 Å². The molecule has 1 rings (SSSR count).